The predicted octanol–water partition coefficient (Wildman–Crippen LogP) is 5.20. The minimum Gasteiger partial charge on any atom is -0.374 e. The van der Waals surface area contributed by atoms with Gasteiger partial charge in [0, 0.05) is 12.1 Å². The first kappa shape index (κ1) is 19.6. The Labute approximate surface area is 179 Å². The second-order valence-corrected chi connectivity index (χ2v) is 8.08. The van der Waals surface area contributed by atoms with Crippen LogP contribution in [0.1, 0.15) is 23.1 Å². The zero-order valence-corrected chi connectivity index (χ0v) is 17.2. The summed E-state index contributed by atoms with van der Waals surface area (Å²) in [5.41, 5.74) is 4.02. The van der Waals surface area contributed by atoms with Crippen LogP contribution in [0.5, 0.6) is 0 Å². The molecule has 2 N–H and O–H groups in total. The fourth-order valence-electron chi connectivity index (χ4n) is 3.14. The van der Waals surface area contributed by atoms with Crippen molar-refractivity contribution in [2.45, 2.75) is 19.4 Å². The molecule has 0 aliphatic rings. The Morgan fingerprint density at radius 2 is 1.80 bits per heavy atom. The van der Waals surface area contributed by atoms with Crippen LogP contribution in [0.3, 0.4) is 0 Å². The van der Waals surface area contributed by atoms with E-state index in [-0.39, 0.29) is 5.91 Å². The number of hydrogen-bond acceptors (Lipinski definition) is 5. The average Bonchev–Trinajstić information content (AvgIpc) is 3.17. The SMILES string of the molecule is CC(Nc1ccc(Cc2nc3ccccc3s2)cc1)C(=O)Nc1ccccc1C#N. The van der Waals surface area contributed by atoms with E-state index in [9.17, 15) is 4.79 Å². The Bertz CT molecular complexity index is 1190. The number of rotatable bonds is 6. The number of para-hydroxylation sites is 2. The molecular formula is C24H20N4OS. The van der Waals surface area contributed by atoms with Gasteiger partial charge in [-0.1, -0.05) is 36.4 Å². The lowest BCUT2D eigenvalue weighted by molar-refractivity contribution is -0.116. The van der Waals surface area contributed by atoms with Gasteiger partial charge in [-0.05, 0) is 48.9 Å². The van der Waals surface area contributed by atoms with Gasteiger partial charge in [0.1, 0.15) is 12.1 Å². The van der Waals surface area contributed by atoms with Crippen molar-refractivity contribution in [3.63, 3.8) is 0 Å². The minimum absolute atomic E-state index is 0.198. The van der Waals surface area contributed by atoms with Gasteiger partial charge in [0.05, 0.1) is 26.5 Å². The van der Waals surface area contributed by atoms with Crippen molar-refractivity contribution in [3.05, 3.63) is 88.9 Å². The van der Waals surface area contributed by atoms with Crippen molar-refractivity contribution in [3.8, 4) is 6.07 Å². The summed E-state index contributed by atoms with van der Waals surface area (Å²) in [6.07, 6.45) is 0.778. The molecule has 1 heterocycles. The van der Waals surface area contributed by atoms with Crippen molar-refractivity contribution < 1.29 is 4.79 Å². The van der Waals surface area contributed by atoms with E-state index in [0.717, 1.165) is 22.6 Å². The number of anilines is 2. The zero-order valence-electron chi connectivity index (χ0n) is 16.4. The van der Waals surface area contributed by atoms with Gasteiger partial charge in [-0.25, -0.2) is 4.98 Å². The number of fused-ring (bicyclic) bond motifs is 1. The number of amides is 1. The van der Waals surface area contributed by atoms with Crippen molar-refractivity contribution in [1.82, 2.24) is 4.98 Å². The predicted molar refractivity (Wildman–Crippen MR) is 122 cm³/mol. The maximum atomic E-state index is 12.5. The monoisotopic (exact) mass is 412 g/mol. The van der Waals surface area contributed by atoms with Crippen molar-refractivity contribution >= 4 is 38.8 Å². The van der Waals surface area contributed by atoms with E-state index in [1.807, 2.05) is 42.5 Å². The van der Waals surface area contributed by atoms with Crippen LogP contribution < -0.4 is 10.6 Å². The molecule has 1 unspecified atom stereocenters. The average molecular weight is 413 g/mol. The number of hydrogen-bond donors (Lipinski definition) is 2. The molecule has 148 valence electrons. The van der Waals surface area contributed by atoms with Crippen LogP contribution in [0, 0.1) is 11.3 Å². The zero-order chi connectivity index (χ0) is 20.9. The topological polar surface area (TPSA) is 77.8 Å². The standard InChI is InChI=1S/C24H20N4OS/c1-16(24(29)28-20-7-3-2-6-18(20)15-25)26-19-12-10-17(11-13-19)14-23-27-21-8-4-5-9-22(21)30-23/h2-13,16,26H,14H2,1H3,(H,28,29). The summed E-state index contributed by atoms with van der Waals surface area (Å²) in [4.78, 5) is 17.2. The van der Waals surface area contributed by atoms with Gasteiger partial charge in [0.2, 0.25) is 5.91 Å². The third-order valence-corrected chi connectivity index (χ3v) is 5.77. The van der Waals surface area contributed by atoms with Gasteiger partial charge < -0.3 is 10.6 Å². The molecule has 0 spiro atoms. The summed E-state index contributed by atoms with van der Waals surface area (Å²) < 4.78 is 1.20. The number of carbonyl (C=O) groups is 1. The highest BCUT2D eigenvalue weighted by molar-refractivity contribution is 7.18. The van der Waals surface area contributed by atoms with Gasteiger partial charge in [0.15, 0.2) is 0 Å². The van der Waals surface area contributed by atoms with Crippen LogP contribution in [0.25, 0.3) is 10.2 Å². The Hall–Kier alpha value is -3.69. The van der Waals surface area contributed by atoms with Crippen LogP contribution in [0.15, 0.2) is 72.8 Å². The molecule has 0 aliphatic heterocycles. The minimum atomic E-state index is -0.452. The third-order valence-electron chi connectivity index (χ3n) is 4.73. The Balaban J connectivity index is 1.37. The molecule has 1 amide bonds. The Morgan fingerprint density at radius 3 is 2.57 bits per heavy atom. The van der Waals surface area contributed by atoms with E-state index in [4.69, 9.17) is 5.26 Å². The van der Waals surface area contributed by atoms with Crippen LogP contribution >= 0.6 is 11.3 Å². The first-order valence-corrected chi connectivity index (χ1v) is 10.4. The van der Waals surface area contributed by atoms with Crippen LogP contribution in [0.2, 0.25) is 0 Å². The number of nitrogens with zero attached hydrogens (tertiary/aromatic N) is 2. The maximum Gasteiger partial charge on any atom is 0.246 e. The van der Waals surface area contributed by atoms with Gasteiger partial charge in [0.25, 0.3) is 0 Å². The summed E-state index contributed by atoms with van der Waals surface area (Å²) >= 11 is 1.71. The van der Waals surface area contributed by atoms with E-state index >= 15 is 0 Å². The molecule has 0 bridgehead atoms. The number of benzene rings is 3. The first-order valence-electron chi connectivity index (χ1n) is 9.62. The molecule has 0 saturated carbocycles. The number of thiazole rings is 1. The lowest BCUT2D eigenvalue weighted by Crippen LogP contribution is -2.32. The Morgan fingerprint density at radius 1 is 1.07 bits per heavy atom. The lowest BCUT2D eigenvalue weighted by atomic mass is 10.1. The smallest absolute Gasteiger partial charge is 0.246 e. The van der Waals surface area contributed by atoms with Crippen LogP contribution in [-0.4, -0.2) is 16.9 Å². The van der Waals surface area contributed by atoms with E-state index in [2.05, 4.69) is 27.8 Å². The Kier molecular flexibility index (Phi) is 5.73. The molecular weight excluding hydrogens is 392 g/mol. The van der Waals surface area contributed by atoms with Crippen molar-refractivity contribution in [2.24, 2.45) is 0 Å². The van der Waals surface area contributed by atoms with Crippen LogP contribution in [0.4, 0.5) is 11.4 Å². The van der Waals surface area contributed by atoms with Gasteiger partial charge in [-0.2, -0.15) is 5.26 Å². The van der Waals surface area contributed by atoms with E-state index in [1.165, 1.54) is 10.3 Å². The lowest BCUT2D eigenvalue weighted by Gasteiger charge is -2.16. The van der Waals surface area contributed by atoms with Crippen LogP contribution in [-0.2, 0) is 11.2 Å². The fourth-order valence-corrected chi connectivity index (χ4v) is 4.14. The molecule has 0 radical (unpaired) electrons. The summed E-state index contributed by atoms with van der Waals surface area (Å²) in [5, 5.41) is 16.3. The maximum absolute atomic E-state index is 12.5. The van der Waals surface area contributed by atoms with E-state index < -0.39 is 6.04 Å². The molecule has 3 aromatic carbocycles. The molecule has 5 nitrogen and oxygen atoms in total. The van der Waals surface area contributed by atoms with E-state index in [0.29, 0.717) is 11.3 Å². The van der Waals surface area contributed by atoms with E-state index in [1.54, 1.807) is 42.5 Å². The largest absolute Gasteiger partial charge is 0.374 e. The number of carbonyl (C=O) groups excluding carboxylic acids is 1. The fraction of sp³-hybridized carbons (Fsp3) is 0.125. The molecule has 1 aromatic heterocycles. The molecule has 0 fully saturated rings. The normalized spacial score (nSPS) is 11.6. The molecule has 0 saturated heterocycles. The summed E-state index contributed by atoms with van der Waals surface area (Å²) in [5.74, 6) is -0.198. The highest BCUT2D eigenvalue weighted by Crippen LogP contribution is 2.24. The van der Waals surface area contributed by atoms with Gasteiger partial charge in [-0.15, -0.1) is 11.3 Å². The van der Waals surface area contributed by atoms with Gasteiger partial charge >= 0.3 is 0 Å². The second-order valence-electron chi connectivity index (χ2n) is 6.96. The molecule has 4 rings (SSSR count). The highest BCUT2D eigenvalue weighted by atomic mass is 32.1. The third kappa shape index (κ3) is 4.48. The highest BCUT2D eigenvalue weighted by Gasteiger charge is 2.14. The first-order chi connectivity index (χ1) is 14.6. The number of nitrogens with one attached hydrogen (secondary N) is 2. The van der Waals surface area contributed by atoms with Gasteiger partial charge in [-0.3, -0.25) is 4.79 Å². The van der Waals surface area contributed by atoms with Crippen molar-refractivity contribution in [1.29, 1.82) is 5.26 Å². The number of aromatic nitrogens is 1. The molecule has 1 atom stereocenters. The van der Waals surface area contributed by atoms with Crippen molar-refractivity contribution in [2.75, 3.05) is 10.6 Å². The molecule has 30 heavy (non-hydrogen) atoms. The second kappa shape index (κ2) is 8.76. The molecule has 4 aromatic rings. The quantitative estimate of drug-likeness (QED) is 0.456. The summed E-state index contributed by atoms with van der Waals surface area (Å²) in [6, 6.07) is 24.8. The number of nitriles is 1. The summed E-state index contributed by atoms with van der Waals surface area (Å²) in [7, 11) is 0. The molecule has 0 aliphatic carbocycles. The summed E-state index contributed by atoms with van der Waals surface area (Å²) in [6.45, 7) is 1.79. The molecule has 6 heteroatoms.